The summed E-state index contributed by atoms with van der Waals surface area (Å²) >= 11 is 0. The molecular formula is C15H12FNO. The van der Waals surface area contributed by atoms with E-state index < -0.39 is 0 Å². The summed E-state index contributed by atoms with van der Waals surface area (Å²) in [5, 5.41) is 0. The van der Waals surface area contributed by atoms with E-state index in [2.05, 4.69) is 0 Å². The van der Waals surface area contributed by atoms with Crippen LogP contribution in [0.4, 0.5) is 4.39 Å². The number of ketones is 1. The van der Waals surface area contributed by atoms with Crippen LogP contribution in [0.25, 0.3) is 5.70 Å². The first-order valence-corrected chi connectivity index (χ1v) is 5.49. The molecule has 2 N–H and O–H groups in total. The number of benzene rings is 2. The zero-order valence-corrected chi connectivity index (χ0v) is 9.64. The fraction of sp³-hybridized carbons (Fsp3) is 0. The molecule has 90 valence electrons. The molecule has 2 nitrogen and oxygen atoms in total. The Morgan fingerprint density at radius 2 is 1.67 bits per heavy atom. The van der Waals surface area contributed by atoms with Crippen molar-refractivity contribution in [2.24, 2.45) is 5.73 Å². The molecule has 0 heterocycles. The van der Waals surface area contributed by atoms with Gasteiger partial charge in [0.15, 0.2) is 5.78 Å². The highest BCUT2D eigenvalue weighted by molar-refractivity contribution is 6.08. The number of rotatable bonds is 3. The molecule has 0 aromatic heterocycles. The van der Waals surface area contributed by atoms with Crippen molar-refractivity contribution < 1.29 is 9.18 Å². The van der Waals surface area contributed by atoms with Gasteiger partial charge in [0.05, 0.1) is 0 Å². The van der Waals surface area contributed by atoms with E-state index in [0.717, 1.165) is 0 Å². The molecule has 2 aromatic carbocycles. The fourth-order valence-corrected chi connectivity index (χ4v) is 1.58. The molecule has 0 radical (unpaired) electrons. The van der Waals surface area contributed by atoms with Gasteiger partial charge in [0, 0.05) is 22.9 Å². The monoisotopic (exact) mass is 241 g/mol. The third-order valence-corrected chi connectivity index (χ3v) is 2.50. The van der Waals surface area contributed by atoms with Crippen LogP contribution in [0.15, 0.2) is 60.7 Å². The largest absolute Gasteiger partial charge is 0.398 e. The van der Waals surface area contributed by atoms with Gasteiger partial charge < -0.3 is 5.73 Å². The predicted octanol–water partition coefficient (Wildman–Crippen LogP) is 3.01. The van der Waals surface area contributed by atoms with E-state index in [1.807, 2.05) is 6.07 Å². The van der Waals surface area contributed by atoms with E-state index in [1.165, 1.54) is 18.2 Å². The number of carbonyl (C=O) groups excluding carboxylic acids is 1. The van der Waals surface area contributed by atoms with Gasteiger partial charge in [0.25, 0.3) is 0 Å². The van der Waals surface area contributed by atoms with E-state index in [1.54, 1.807) is 36.4 Å². The summed E-state index contributed by atoms with van der Waals surface area (Å²) in [7, 11) is 0. The van der Waals surface area contributed by atoms with Crippen molar-refractivity contribution in [3.8, 4) is 0 Å². The van der Waals surface area contributed by atoms with E-state index in [4.69, 9.17) is 5.73 Å². The molecule has 0 fully saturated rings. The predicted molar refractivity (Wildman–Crippen MR) is 69.3 cm³/mol. The molecule has 2 rings (SSSR count). The molecular weight excluding hydrogens is 229 g/mol. The molecule has 2 aromatic rings. The Balaban J connectivity index is 2.26. The van der Waals surface area contributed by atoms with Gasteiger partial charge >= 0.3 is 0 Å². The van der Waals surface area contributed by atoms with Crippen molar-refractivity contribution in [1.29, 1.82) is 0 Å². The maximum absolute atomic E-state index is 13.0. The first-order chi connectivity index (χ1) is 8.66. The van der Waals surface area contributed by atoms with Gasteiger partial charge in [-0.15, -0.1) is 0 Å². The highest BCUT2D eigenvalue weighted by Gasteiger charge is 2.04. The summed E-state index contributed by atoms with van der Waals surface area (Å²) in [6.45, 7) is 0. The van der Waals surface area contributed by atoms with Crippen LogP contribution in [0, 0.1) is 5.82 Å². The average Bonchev–Trinajstić information content (AvgIpc) is 2.39. The smallest absolute Gasteiger partial charge is 0.187 e. The standard InChI is InChI=1S/C15H12FNO/c16-13-8-4-7-12(9-13)14(17)10-15(18)11-5-2-1-3-6-11/h1-10H,17H2/b14-10-. The van der Waals surface area contributed by atoms with Crippen LogP contribution in [0.3, 0.4) is 0 Å². The molecule has 18 heavy (non-hydrogen) atoms. The van der Waals surface area contributed by atoms with Crippen molar-refractivity contribution >= 4 is 11.5 Å². The Labute approximate surface area is 105 Å². The Hall–Kier alpha value is -2.42. The summed E-state index contributed by atoms with van der Waals surface area (Å²) in [6, 6.07) is 14.6. The minimum Gasteiger partial charge on any atom is -0.398 e. The van der Waals surface area contributed by atoms with Gasteiger partial charge in [0.2, 0.25) is 0 Å². The molecule has 0 amide bonds. The summed E-state index contributed by atoms with van der Waals surface area (Å²) in [6.07, 6.45) is 1.31. The van der Waals surface area contributed by atoms with Gasteiger partial charge in [-0.25, -0.2) is 4.39 Å². The molecule has 0 unspecified atom stereocenters. The summed E-state index contributed by atoms with van der Waals surface area (Å²) in [5.41, 5.74) is 7.08. The molecule has 0 saturated heterocycles. The first kappa shape index (κ1) is 12.0. The summed E-state index contributed by atoms with van der Waals surface area (Å²) in [5.74, 6) is -0.576. The van der Waals surface area contributed by atoms with Crippen molar-refractivity contribution in [2.75, 3.05) is 0 Å². The number of allylic oxidation sites excluding steroid dienone is 1. The number of nitrogens with two attached hydrogens (primary N) is 1. The van der Waals surface area contributed by atoms with E-state index in [9.17, 15) is 9.18 Å². The highest BCUT2D eigenvalue weighted by Crippen LogP contribution is 2.12. The molecule has 3 heteroatoms. The normalized spacial score (nSPS) is 11.3. The lowest BCUT2D eigenvalue weighted by Gasteiger charge is -2.02. The third kappa shape index (κ3) is 2.83. The van der Waals surface area contributed by atoms with Gasteiger partial charge in [-0.05, 0) is 12.1 Å². The average molecular weight is 241 g/mol. The van der Waals surface area contributed by atoms with Gasteiger partial charge in [0.1, 0.15) is 5.82 Å². The lowest BCUT2D eigenvalue weighted by Crippen LogP contribution is -2.02. The van der Waals surface area contributed by atoms with Crippen molar-refractivity contribution in [3.63, 3.8) is 0 Å². The second-order valence-corrected chi connectivity index (χ2v) is 3.84. The lowest BCUT2D eigenvalue weighted by molar-refractivity contribution is 0.104. The Morgan fingerprint density at radius 3 is 2.33 bits per heavy atom. The topological polar surface area (TPSA) is 43.1 Å². The van der Waals surface area contributed by atoms with Crippen LogP contribution < -0.4 is 5.73 Å². The van der Waals surface area contributed by atoms with Crippen LogP contribution in [0.1, 0.15) is 15.9 Å². The maximum Gasteiger partial charge on any atom is 0.187 e. The van der Waals surface area contributed by atoms with Crippen molar-refractivity contribution in [2.45, 2.75) is 0 Å². The second kappa shape index (κ2) is 5.27. The number of carbonyl (C=O) groups is 1. The SMILES string of the molecule is N/C(=C\C(=O)c1ccccc1)c1cccc(F)c1. The number of hydrogen-bond acceptors (Lipinski definition) is 2. The molecule has 0 aliphatic carbocycles. The maximum atomic E-state index is 13.0. The molecule has 0 bridgehead atoms. The van der Waals surface area contributed by atoms with Gasteiger partial charge in [-0.2, -0.15) is 0 Å². The zero-order valence-electron chi connectivity index (χ0n) is 9.64. The van der Waals surface area contributed by atoms with Crippen LogP contribution in [-0.4, -0.2) is 5.78 Å². The minimum atomic E-state index is -0.379. The van der Waals surface area contributed by atoms with E-state index in [-0.39, 0.29) is 17.3 Å². The van der Waals surface area contributed by atoms with Gasteiger partial charge in [-0.3, -0.25) is 4.79 Å². The quantitative estimate of drug-likeness (QED) is 0.663. The van der Waals surface area contributed by atoms with Crippen LogP contribution in [-0.2, 0) is 0 Å². The molecule has 0 aliphatic rings. The molecule has 0 atom stereocenters. The second-order valence-electron chi connectivity index (χ2n) is 3.84. The first-order valence-electron chi connectivity index (χ1n) is 5.49. The summed E-state index contributed by atoms with van der Waals surface area (Å²) < 4.78 is 13.0. The van der Waals surface area contributed by atoms with Crippen molar-refractivity contribution in [3.05, 3.63) is 77.6 Å². The Morgan fingerprint density at radius 1 is 1.00 bits per heavy atom. The van der Waals surface area contributed by atoms with Crippen LogP contribution >= 0.6 is 0 Å². The fourth-order valence-electron chi connectivity index (χ4n) is 1.58. The molecule has 0 spiro atoms. The summed E-state index contributed by atoms with van der Waals surface area (Å²) in [4.78, 5) is 11.9. The van der Waals surface area contributed by atoms with Crippen LogP contribution in [0.2, 0.25) is 0 Å². The zero-order chi connectivity index (χ0) is 13.0. The van der Waals surface area contributed by atoms with Gasteiger partial charge in [-0.1, -0.05) is 42.5 Å². The van der Waals surface area contributed by atoms with E-state index in [0.29, 0.717) is 11.1 Å². The molecule has 0 aliphatic heterocycles. The minimum absolute atomic E-state index is 0.197. The Bertz CT molecular complexity index is 590. The lowest BCUT2D eigenvalue weighted by atomic mass is 10.1. The number of halogens is 1. The Kier molecular flexibility index (Phi) is 3.53. The van der Waals surface area contributed by atoms with Crippen LogP contribution in [0.5, 0.6) is 0 Å². The number of hydrogen-bond donors (Lipinski definition) is 1. The third-order valence-electron chi connectivity index (χ3n) is 2.50. The van der Waals surface area contributed by atoms with Crippen molar-refractivity contribution in [1.82, 2.24) is 0 Å². The highest BCUT2D eigenvalue weighted by atomic mass is 19.1. The van der Waals surface area contributed by atoms with E-state index >= 15 is 0 Å². The molecule has 0 saturated carbocycles.